The molecule has 8 heteroatoms. The van der Waals surface area contributed by atoms with Crippen molar-refractivity contribution in [3.8, 4) is 0 Å². The maximum absolute atomic E-state index is 12.5. The number of nitrogens with one attached hydrogen (secondary N) is 1. The molecule has 1 N–H and O–H groups in total. The van der Waals surface area contributed by atoms with Gasteiger partial charge >= 0.3 is 0 Å². The molecular formula is C15H23N3O4S. The average Bonchev–Trinajstić information content (AvgIpc) is 2.55. The van der Waals surface area contributed by atoms with Gasteiger partial charge in [0.05, 0.1) is 11.5 Å². The Morgan fingerprint density at radius 2 is 1.96 bits per heavy atom. The molecule has 1 heterocycles. The van der Waals surface area contributed by atoms with Crippen LogP contribution in [-0.4, -0.2) is 77.6 Å². The van der Waals surface area contributed by atoms with Crippen LogP contribution in [0.1, 0.15) is 10.4 Å². The molecule has 1 fully saturated rings. The lowest BCUT2D eigenvalue weighted by atomic mass is 10.2. The Kier molecular flexibility index (Phi) is 6.11. The molecule has 0 aromatic heterocycles. The molecule has 0 bridgehead atoms. The van der Waals surface area contributed by atoms with Crippen LogP contribution >= 0.6 is 0 Å². The first-order valence-corrected chi connectivity index (χ1v) is 8.99. The fraction of sp³-hybridized carbons (Fsp3) is 0.533. The topological polar surface area (TPSA) is 78.9 Å². The summed E-state index contributed by atoms with van der Waals surface area (Å²) in [5, 5.41) is 0. The number of carbonyl (C=O) groups is 1. The van der Waals surface area contributed by atoms with Crippen molar-refractivity contribution < 1.29 is 17.9 Å². The SMILES string of the molecule is COCCNS(=O)(=O)c1cccc(C(=O)N2CCN(C)CC2)c1. The summed E-state index contributed by atoms with van der Waals surface area (Å²) in [5.41, 5.74) is 0.393. The van der Waals surface area contributed by atoms with Crippen LogP contribution in [0.3, 0.4) is 0 Å². The largest absolute Gasteiger partial charge is 0.383 e. The fourth-order valence-corrected chi connectivity index (χ4v) is 3.41. The van der Waals surface area contributed by atoms with Gasteiger partial charge in [0.25, 0.3) is 5.91 Å². The summed E-state index contributed by atoms with van der Waals surface area (Å²) in [4.78, 5) is 16.5. The summed E-state index contributed by atoms with van der Waals surface area (Å²) >= 11 is 0. The van der Waals surface area contributed by atoms with E-state index < -0.39 is 10.0 Å². The van der Waals surface area contributed by atoms with Crippen LogP contribution in [0, 0.1) is 0 Å². The second-order valence-corrected chi connectivity index (χ2v) is 7.28. The van der Waals surface area contributed by atoms with E-state index in [4.69, 9.17) is 4.74 Å². The van der Waals surface area contributed by atoms with Gasteiger partial charge in [-0.05, 0) is 25.2 Å². The monoisotopic (exact) mass is 341 g/mol. The van der Waals surface area contributed by atoms with Gasteiger partial charge in [0, 0.05) is 45.4 Å². The number of carbonyl (C=O) groups excluding carboxylic acids is 1. The quantitative estimate of drug-likeness (QED) is 0.737. The Morgan fingerprint density at radius 1 is 1.26 bits per heavy atom. The lowest BCUT2D eigenvalue weighted by molar-refractivity contribution is 0.0664. The molecule has 0 radical (unpaired) electrons. The Morgan fingerprint density at radius 3 is 2.61 bits per heavy atom. The zero-order valence-corrected chi connectivity index (χ0v) is 14.3. The standard InChI is InChI=1S/C15H23N3O4S/c1-17-7-9-18(10-8-17)15(19)13-4-3-5-14(12-13)23(20,21)16-6-11-22-2/h3-5,12,16H,6-11H2,1-2H3. The maximum Gasteiger partial charge on any atom is 0.253 e. The number of amides is 1. The van der Waals surface area contributed by atoms with E-state index >= 15 is 0 Å². The Bertz CT molecular complexity index is 640. The van der Waals surface area contributed by atoms with Gasteiger partial charge in [-0.15, -0.1) is 0 Å². The van der Waals surface area contributed by atoms with E-state index in [0.717, 1.165) is 13.1 Å². The highest BCUT2D eigenvalue weighted by Gasteiger charge is 2.22. The van der Waals surface area contributed by atoms with Crippen LogP contribution in [0.15, 0.2) is 29.2 Å². The van der Waals surface area contributed by atoms with Gasteiger partial charge in [0.1, 0.15) is 0 Å². The predicted molar refractivity (Wildman–Crippen MR) is 86.9 cm³/mol. The molecule has 0 aliphatic carbocycles. The van der Waals surface area contributed by atoms with E-state index in [1.807, 2.05) is 7.05 Å². The summed E-state index contributed by atoms with van der Waals surface area (Å²) in [6, 6.07) is 6.15. The van der Waals surface area contributed by atoms with Crippen LogP contribution < -0.4 is 4.72 Å². The van der Waals surface area contributed by atoms with Crippen molar-refractivity contribution in [3.05, 3.63) is 29.8 Å². The number of hydrogen-bond acceptors (Lipinski definition) is 5. The van der Waals surface area contributed by atoms with Gasteiger partial charge in [0.15, 0.2) is 0 Å². The first-order valence-electron chi connectivity index (χ1n) is 7.50. The van der Waals surface area contributed by atoms with E-state index in [1.165, 1.54) is 19.2 Å². The molecular weight excluding hydrogens is 318 g/mol. The lowest BCUT2D eigenvalue weighted by Gasteiger charge is -2.32. The van der Waals surface area contributed by atoms with E-state index in [2.05, 4.69) is 9.62 Å². The minimum Gasteiger partial charge on any atom is -0.383 e. The Labute approximate surface area is 137 Å². The molecule has 23 heavy (non-hydrogen) atoms. The van der Waals surface area contributed by atoms with Gasteiger partial charge in [-0.3, -0.25) is 4.79 Å². The minimum absolute atomic E-state index is 0.0913. The summed E-state index contributed by atoms with van der Waals surface area (Å²) < 4.78 is 31.7. The van der Waals surface area contributed by atoms with Gasteiger partial charge in [-0.1, -0.05) is 6.07 Å². The van der Waals surface area contributed by atoms with Crippen molar-refractivity contribution in [2.75, 3.05) is 53.5 Å². The van der Waals surface area contributed by atoms with Gasteiger partial charge in [-0.25, -0.2) is 13.1 Å². The first kappa shape index (κ1) is 17.9. The van der Waals surface area contributed by atoms with Crippen LogP contribution in [0.25, 0.3) is 0 Å². The molecule has 1 aliphatic rings. The molecule has 1 saturated heterocycles. The number of likely N-dealkylation sites (N-methyl/N-ethyl adjacent to an activating group) is 1. The number of methoxy groups -OCH3 is 1. The highest BCUT2D eigenvalue weighted by Crippen LogP contribution is 2.14. The Hall–Kier alpha value is -1.48. The number of hydrogen-bond donors (Lipinski definition) is 1. The second kappa shape index (κ2) is 7.87. The molecule has 0 atom stereocenters. The smallest absolute Gasteiger partial charge is 0.253 e. The first-order chi connectivity index (χ1) is 10.9. The second-order valence-electron chi connectivity index (χ2n) is 5.51. The summed E-state index contributed by atoms with van der Waals surface area (Å²) in [7, 11) is -0.119. The van der Waals surface area contributed by atoms with Crippen molar-refractivity contribution in [2.45, 2.75) is 4.90 Å². The fourth-order valence-electron chi connectivity index (χ4n) is 2.35. The van der Waals surface area contributed by atoms with E-state index in [0.29, 0.717) is 25.3 Å². The lowest BCUT2D eigenvalue weighted by Crippen LogP contribution is -2.47. The van der Waals surface area contributed by atoms with Crippen LogP contribution in [0.5, 0.6) is 0 Å². The average molecular weight is 341 g/mol. The highest BCUT2D eigenvalue weighted by atomic mass is 32.2. The van der Waals surface area contributed by atoms with Crippen molar-refractivity contribution >= 4 is 15.9 Å². The molecule has 7 nitrogen and oxygen atoms in total. The molecule has 1 aromatic carbocycles. The molecule has 0 unspecified atom stereocenters. The van der Waals surface area contributed by atoms with Crippen molar-refractivity contribution in [2.24, 2.45) is 0 Å². The summed E-state index contributed by atoms with van der Waals surface area (Å²) in [6.07, 6.45) is 0. The number of rotatable bonds is 6. The number of ether oxygens (including phenoxy) is 1. The van der Waals surface area contributed by atoms with E-state index in [9.17, 15) is 13.2 Å². The van der Waals surface area contributed by atoms with Crippen molar-refractivity contribution in [1.29, 1.82) is 0 Å². The summed E-state index contributed by atoms with van der Waals surface area (Å²) in [6.45, 7) is 3.43. The number of nitrogens with zero attached hydrogens (tertiary/aromatic N) is 2. The van der Waals surface area contributed by atoms with Crippen molar-refractivity contribution in [1.82, 2.24) is 14.5 Å². The molecule has 1 amide bonds. The molecule has 2 rings (SSSR count). The van der Waals surface area contributed by atoms with E-state index in [-0.39, 0.29) is 17.3 Å². The zero-order valence-electron chi connectivity index (χ0n) is 13.5. The zero-order chi connectivity index (χ0) is 16.9. The molecule has 0 spiro atoms. The van der Waals surface area contributed by atoms with Crippen LogP contribution in [-0.2, 0) is 14.8 Å². The number of piperazine rings is 1. The van der Waals surface area contributed by atoms with E-state index in [1.54, 1.807) is 17.0 Å². The Balaban J connectivity index is 2.11. The normalized spacial score (nSPS) is 16.5. The molecule has 1 aromatic rings. The predicted octanol–water partition coefficient (Wildman–Crippen LogP) is -0.00110. The number of benzene rings is 1. The maximum atomic E-state index is 12.5. The van der Waals surface area contributed by atoms with Gasteiger partial charge in [-0.2, -0.15) is 0 Å². The third-order valence-corrected chi connectivity index (χ3v) is 5.24. The molecule has 1 aliphatic heterocycles. The van der Waals surface area contributed by atoms with Crippen molar-refractivity contribution in [3.63, 3.8) is 0 Å². The van der Waals surface area contributed by atoms with Crippen LogP contribution in [0.2, 0.25) is 0 Å². The minimum atomic E-state index is -3.64. The third kappa shape index (κ3) is 4.74. The summed E-state index contributed by atoms with van der Waals surface area (Å²) in [5.74, 6) is -0.132. The molecule has 0 saturated carbocycles. The van der Waals surface area contributed by atoms with Gasteiger partial charge in [0.2, 0.25) is 10.0 Å². The number of sulfonamides is 1. The third-order valence-electron chi connectivity index (χ3n) is 3.78. The van der Waals surface area contributed by atoms with Crippen LogP contribution in [0.4, 0.5) is 0 Å². The highest BCUT2D eigenvalue weighted by molar-refractivity contribution is 7.89. The van der Waals surface area contributed by atoms with Gasteiger partial charge < -0.3 is 14.5 Å². The molecule has 128 valence electrons.